The summed E-state index contributed by atoms with van der Waals surface area (Å²) in [6, 6.07) is 11.7. The largest absolute Gasteiger partial charge is 0.508 e. The highest BCUT2D eigenvalue weighted by Gasteiger charge is 2.34. The van der Waals surface area contributed by atoms with Crippen molar-refractivity contribution >= 4 is 38.9 Å². The number of aromatic hydroxyl groups is 2. The number of carbonyl (C=O) groups is 1. The van der Waals surface area contributed by atoms with Gasteiger partial charge in [0.2, 0.25) is 0 Å². The van der Waals surface area contributed by atoms with Crippen LogP contribution in [0.25, 0.3) is 6.08 Å². The molecular formula is C18H16N2O5S2. The first-order valence-electron chi connectivity index (χ1n) is 7.95. The number of phenols is 2. The van der Waals surface area contributed by atoms with E-state index in [1.165, 1.54) is 35.2 Å². The minimum Gasteiger partial charge on any atom is -0.508 e. The lowest BCUT2D eigenvalue weighted by Crippen LogP contribution is -2.29. The quantitative estimate of drug-likeness (QED) is 0.759. The number of phenolic OH excluding ortho intramolecular Hbond substituents is 2. The van der Waals surface area contributed by atoms with Gasteiger partial charge in [0.25, 0.3) is 15.9 Å². The highest BCUT2D eigenvalue weighted by atomic mass is 32.2. The average molecular weight is 404 g/mol. The molecule has 9 heteroatoms. The molecule has 1 aliphatic rings. The van der Waals surface area contributed by atoms with Crippen molar-refractivity contribution in [1.82, 2.24) is 4.90 Å². The predicted octanol–water partition coefficient (Wildman–Crippen LogP) is 2.78. The summed E-state index contributed by atoms with van der Waals surface area (Å²) in [7, 11) is -3.96. The molecule has 2 aromatic carbocycles. The summed E-state index contributed by atoms with van der Waals surface area (Å²) in [5, 5.41) is 19.3. The van der Waals surface area contributed by atoms with Crippen LogP contribution in [0.3, 0.4) is 0 Å². The van der Waals surface area contributed by atoms with E-state index in [1.54, 1.807) is 25.1 Å². The third-order valence-corrected chi connectivity index (χ3v) is 6.15. The van der Waals surface area contributed by atoms with E-state index in [9.17, 15) is 23.4 Å². The number of rotatable bonds is 4. The Morgan fingerprint density at radius 2 is 1.85 bits per heavy atom. The first-order valence-corrected chi connectivity index (χ1v) is 10.2. The molecule has 0 aliphatic carbocycles. The van der Waals surface area contributed by atoms with Crippen LogP contribution in [-0.4, -0.2) is 41.2 Å². The third kappa shape index (κ3) is 3.99. The highest BCUT2D eigenvalue weighted by Crippen LogP contribution is 2.35. The number of thioether (sulfide) groups is 1. The number of sulfonamides is 1. The first kappa shape index (κ1) is 19.0. The van der Waals surface area contributed by atoms with Crippen molar-refractivity contribution in [3.8, 4) is 11.5 Å². The maximum atomic E-state index is 12.6. The van der Waals surface area contributed by atoms with Gasteiger partial charge in [-0.05, 0) is 49.0 Å². The zero-order valence-corrected chi connectivity index (χ0v) is 15.9. The van der Waals surface area contributed by atoms with Crippen LogP contribution in [0.4, 0.5) is 0 Å². The maximum absolute atomic E-state index is 12.6. The number of benzene rings is 2. The van der Waals surface area contributed by atoms with E-state index in [1.807, 2.05) is 0 Å². The molecular weight excluding hydrogens is 388 g/mol. The molecule has 3 rings (SSSR count). The van der Waals surface area contributed by atoms with Crippen molar-refractivity contribution in [2.45, 2.75) is 11.8 Å². The Labute approximate surface area is 160 Å². The molecule has 0 spiro atoms. The van der Waals surface area contributed by atoms with Crippen LogP contribution in [0.15, 0.2) is 62.7 Å². The van der Waals surface area contributed by atoms with Crippen LogP contribution in [0.5, 0.6) is 11.5 Å². The van der Waals surface area contributed by atoms with Gasteiger partial charge in [-0.1, -0.05) is 18.2 Å². The van der Waals surface area contributed by atoms with E-state index in [0.717, 1.165) is 17.8 Å². The fraction of sp³-hybridized carbons (Fsp3) is 0.111. The molecule has 2 N–H and O–H groups in total. The molecule has 7 nitrogen and oxygen atoms in total. The Balaban J connectivity index is 1.99. The second kappa shape index (κ2) is 7.45. The second-order valence-corrected chi connectivity index (χ2v) is 8.18. The molecule has 0 saturated carbocycles. The summed E-state index contributed by atoms with van der Waals surface area (Å²) < 4.78 is 28.8. The summed E-state index contributed by atoms with van der Waals surface area (Å²) in [6.07, 6.45) is 1.43. The molecule has 1 amide bonds. The van der Waals surface area contributed by atoms with Crippen molar-refractivity contribution < 1.29 is 23.4 Å². The van der Waals surface area contributed by atoms with Gasteiger partial charge in [-0.2, -0.15) is 8.42 Å². The van der Waals surface area contributed by atoms with E-state index < -0.39 is 15.9 Å². The van der Waals surface area contributed by atoms with Crippen LogP contribution >= 0.6 is 11.8 Å². The molecule has 0 radical (unpaired) electrons. The van der Waals surface area contributed by atoms with Gasteiger partial charge in [0.15, 0.2) is 5.17 Å². The Hall–Kier alpha value is -2.78. The molecule has 1 heterocycles. The summed E-state index contributed by atoms with van der Waals surface area (Å²) >= 11 is 0.915. The SMILES string of the molecule is CCN1C(=O)/C(=C/c2ccc(O)cc2O)SC1=NS(=O)(=O)c1ccccc1. The van der Waals surface area contributed by atoms with Gasteiger partial charge in [-0.3, -0.25) is 9.69 Å². The minimum absolute atomic E-state index is 0.0372. The zero-order chi connectivity index (χ0) is 19.6. The number of amides is 1. The topological polar surface area (TPSA) is 107 Å². The molecule has 1 saturated heterocycles. The number of hydrogen-bond acceptors (Lipinski definition) is 6. The number of nitrogens with zero attached hydrogens (tertiary/aromatic N) is 2. The molecule has 1 fully saturated rings. The summed E-state index contributed by atoms with van der Waals surface area (Å²) in [5.41, 5.74) is 0.326. The van der Waals surface area contributed by atoms with Crippen molar-refractivity contribution in [1.29, 1.82) is 0 Å². The van der Waals surface area contributed by atoms with Crippen LogP contribution in [0.1, 0.15) is 12.5 Å². The van der Waals surface area contributed by atoms with Crippen LogP contribution in [0.2, 0.25) is 0 Å². The van der Waals surface area contributed by atoms with Gasteiger partial charge in [-0.25, -0.2) is 0 Å². The fourth-order valence-corrected chi connectivity index (χ4v) is 4.65. The number of amidine groups is 1. The summed E-state index contributed by atoms with van der Waals surface area (Å²) in [5.74, 6) is -0.704. The number of hydrogen-bond donors (Lipinski definition) is 2. The highest BCUT2D eigenvalue weighted by molar-refractivity contribution is 8.19. The van der Waals surface area contributed by atoms with E-state index in [4.69, 9.17) is 0 Å². The van der Waals surface area contributed by atoms with Crippen LogP contribution in [-0.2, 0) is 14.8 Å². The lowest BCUT2D eigenvalue weighted by molar-refractivity contribution is -0.122. The summed E-state index contributed by atoms with van der Waals surface area (Å²) in [6.45, 7) is 1.96. The molecule has 0 aromatic heterocycles. The Bertz CT molecular complexity index is 1050. The zero-order valence-electron chi connectivity index (χ0n) is 14.2. The Kier molecular flexibility index (Phi) is 5.24. The molecule has 0 unspecified atom stereocenters. The molecule has 140 valence electrons. The normalized spacial score (nSPS) is 17.8. The first-order chi connectivity index (χ1) is 12.8. The maximum Gasteiger partial charge on any atom is 0.284 e. The van der Waals surface area contributed by atoms with Gasteiger partial charge in [0.1, 0.15) is 11.5 Å². The second-order valence-electron chi connectivity index (χ2n) is 5.57. The number of likely N-dealkylation sites (N-methyl/N-ethyl adjacent to an activating group) is 1. The molecule has 0 bridgehead atoms. The average Bonchev–Trinajstić information content (AvgIpc) is 2.92. The van der Waals surface area contributed by atoms with Crippen LogP contribution < -0.4 is 0 Å². The molecule has 1 aliphatic heterocycles. The Morgan fingerprint density at radius 1 is 1.15 bits per heavy atom. The van der Waals surface area contributed by atoms with Crippen molar-refractivity contribution in [3.05, 3.63) is 59.0 Å². The van der Waals surface area contributed by atoms with Crippen LogP contribution in [0, 0.1) is 0 Å². The van der Waals surface area contributed by atoms with Crippen molar-refractivity contribution in [2.24, 2.45) is 4.40 Å². The third-order valence-electron chi connectivity index (χ3n) is 3.74. The van der Waals surface area contributed by atoms with Gasteiger partial charge in [-0.15, -0.1) is 4.40 Å². The van der Waals surface area contributed by atoms with Gasteiger partial charge < -0.3 is 10.2 Å². The predicted molar refractivity (Wildman–Crippen MR) is 104 cm³/mol. The van der Waals surface area contributed by atoms with E-state index >= 15 is 0 Å². The van der Waals surface area contributed by atoms with E-state index in [-0.39, 0.29) is 33.0 Å². The van der Waals surface area contributed by atoms with Gasteiger partial charge >= 0.3 is 0 Å². The smallest absolute Gasteiger partial charge is 0.284 e. The lowest BCUT2D eigenvalue weighted by Gasteiger charge is -2.11. The fourth-order valence-electron chi connectivity index (χ4n) is 2.40. The monoisotopic (exact) mass is 404 g/mol. The number of carbonyl (C=O) groups excluding carboxylic acids is 1. The minimum atomic E-state index is -3.96. The lowest BCUT2D eigenvalue weighted by atomic mass is 10.1. The van der Waals surface area contributed by atoms with Crippen molar-refractivity contribution in [3.63, 3.8) is 0 Å². The molecule has 0 atom stereocenters. The Morgan fingerprint density at radius 3 is 2.48 bits per heavy atom. The molecule has 27 heavy (non-hydrogen) atoms. The van der Waals surface area contributed by atoms with E-state index in [2.05, 4.69) is 4.40 Å². The molecule has 2 aromatic rings. The van der Waals surface area contributed by atoms with Gasteiger partial charge in [0.05, 0.1) is 9.80 Å². The standard InChI is InChI=1S/C18H16N2O5S2/c1-2-20-17(23)16(10-12-8-9-13(21)11-15(12)22)26-18(20)19-27(24,25)14-6-4-3-5-7-14/h3-11,21-22H,2H2,1H3/b16-10-,19-18?. The summed E-state index contributed by atoms with van der Waals surface area (Å²) in [4.78, 5) is 14.1. The van der Waals surface area contributed by atoms with Crippen molar-refractivity contribution in [2.75, 3.05) is 6.54 Å². The van der Waals surface area contributed by atoms with Gasteiger partial charge in [0, 0.05) is 18.2 Å². The van der Waals surface area contributed by atoms with E-state index in [0.29, 0.717) is 5.56 Å².